The monoisotopic (exact) mass is 299 g/mol. The molecular weight excluding hydrogens is 286 g/mol. The van der Waals surface area contributed by atoms with Gasteiger partial charge in [0.05, 0.1) is 22.8 Å². The number of nitriles is 1. The van der Waals surface area contributed by atoms with E-state index in [9.17, 15) is 4.79 Å². The zero-order chi connectivity index (χ0) is 16.1. The lowest BCUT2D eigenvalue weighted by Gasteiger charge is -2.02. The predicted octanol–water partition coefficient (Wildman–Crippen LogP) is 3.76. The smallest absolute Gasteiger partial charge is 0.248 e. The fraction of sp³-hybridized carbons (Fsp3) is 0. The van der Waals surface area contributed by atoms with Gasteiger partial charge >= 0.3 is 0 Å². The van der Waals surface area contributed by atoms with Gasteiger partial charge in [-0.1, -0.05) is 30.3 Å². The SMILES string of the molecule is N#Cc1cccc(NC(=O)/C=C/c2ccc3ccccc3n2)c1. The van der Waals surface area contributed by atoms with Crippen molar-refractivity contribution in [3.8, 4) is 6.07 Å². The van der Waals surface area contributed by atoms with Crippen molar-refractivity contribution in [3.05, 3.63) is 78.0 Å². The van der Waals surface area contributed by atoms with Crippen molar-refractivity contribution in [2.45, 2.75) is 0 Å². The van der Waals surface area contributed by atoms with E-state index in [1.54, 1.807) is 30.3 Å². The van der Waals surface area contributed by atoms with Gasteiger partial charge in [0, 0.05) is 17.1 Å². The quantitative estimate of drug-likeness (QED) is 0.749. The lowest BCUT2D eigenvalue weighted by molar-refractivity contribution is -0.111. The minimum absolute atomic E-state index is 0.268. The number of nitrogens with one attached hydrogen (secondary N) is 1. The van der Waals surface area contributed by atoms with E-state index in [2.05, 4.69) is 10.3 Å². The molecule has 3 rings (SSSR count). The molecule has 0 atom stereocenters. The van der Waals surface area contributed by atoms with Crippen molar-refractivity contribution in [2.24, 2.45) is 0 Å². The van der Waals surface area contributed by atoms with Crippen LogP contribution in [0.25, 0.3) is 17.0 Å². The van der Waals surface area contributed by atoms with Crippen molar-refractivity contribution in [2.75, 3.05) is 5.32 Å². The van der Waals surface area contributed by atoms with Gasteiger partial charge in [-0.15, -0.1) is 0 Å². The van der Waals surface area contributed by atoms with Crippen molar-refractivity contribution in [1.82, 2.24) is 4.98 Å². The van der Waals surface area contributed by atoms with E-state index in [0.717, 1.165) is 10.9 Å². The first-order valence-corrected chi connectivity index (χ1v) is 7.10. The van der Waals surface area contributed by atoms with Crippen LogP contribution in [0, 0.1) is 11.3 Å². The number of para-hydroxylation sites is 1. The molecule has 0 bridgehead atoms. The second-order valence-electron chi connectivity index (χ2n) is 4.94. The summed E-state index contributed by atoms with van der Waals surface area (Å²) < 4.78 is 0. The first-order chi connectivity index (χ1) is 11.2. The highest BCUT2D eigenvalue weighted by atomic mass is 16.1. The number of carbonyl (C=O) groups is 1. The van der Waals surface area contributed by atoms with Crippen molar-refractivity contribution in [1.29, 1.82) is 5.26 Å². The van der Waals surface area contributed by atoms with Crippen LogP contribution in [0.1, 0.15) is 11.3 Å². The number of nitrogens with zero attached hydrogens (tertiary/aromatic N) is 2. The molecule has 0 spiro atoms. The number of carbonyl (C=O) groups excluding carboxylic acids is 1. The molecule has 110 valence electrons. The van der Waals surface area contributed by atoms with Crippen LogP contribution in [0.3, 0.4) is 0 Å². The molecule has 1 N–H and O–H groups in total. The van der Waals surface area contributed by atoms with Crippen molar-refractivity contribution >= 4 is 28.6 Å². The van der Waals surface area contributed by atoms with Crippen LogP contribution in [0.15, 0.2) is 66.7 Å². The number of pyridine rings is 1. The molecule has 23 heavy (non-hydrogen) atoms. The molecule has 3 aromatic rings. The zero-order valence-corrected chi connectivity index (χ0v) is 12.2. The number of hydrogen-bond acceptors (Lipinski definition) is 3. The van der Waals surface area contributed by atoms with E-state index in [-0.39, 0.29) is 5.91 Å². The van der Waals surface area contributed by atoms with Crippen LogP contribution < -0.4 is 5.32 Å². The molecule has 0 aliphatic heterocycles. The van der Waals surface area contributed by atoms with E-state index < -0.39 is 0 Å². The molecule has 0 saturated carbocycles. The van der Waals surface area contributed by atoms with Gasteiger partial charge in [0.25, 0.3) is 0 Å². The third-order valence-electron chi connectivity index (χ3n) is 3.28. The first-order valence-electron chi connectivity index (χ1n) is 7.10. The number of rotatable bonds is 3. The highest BCUT2D eigenvalue weighted by Crippen LogP contribution is 2.13. The number of aromatic nitrogens is 1. The fourth-order valence-corrected chi connectivity index (χ4v) is 2.19. The van der Waals surface area contributed by atoms with Gasteiger partial charge in [-0.2, -0.15) is 5.26 Å². The van der Waals surface area contributed by atoms with Gasteiger partial charge < -0.3 is 5.32 Å². The Labute approximate surface area is 133 Å². The van der Waals surface area contributed by atoms with E-state index in [4.69, 9.17) is 5.26 Å². The van der Waals surface area contributed by atoms with Gasteiger partial charge in [0.1, 0.15) is 0 Å². The maximum absolute atomic E-state index is 11.9. The standard InChI is InChI=1S/C19H13N3O/c20-13-14-4-3-6-17(12-14)22-19(23)11-10-16-9-8-15-5-1-2-7-18(15)21-16/h1-12H,(H,22,23)/b11-10+. The maximum atomic E-state index is 11.9. The topological polar surface area (TPSA) is 65.8 Å². The second kappa shape index (κ2) is 6.54. The van der Waals surface area contributed by atoms with Gasteiger partial charge in [-0.25, -0.2) is 4.98 Å². The van der Waals surface area contributed by atoms with Crippen LogP contribution in [0.4, 0.5) is 5.69 Å². The lowest BCUT2D eigenvalue weighted by Crippen LogP contribution is -2.07. The summed E-state index contributed by atoms with van der Waals surface area (Å²) in [6, 6.07) is 20.5. The average molecular weight is 299 g/mol. The summed E-state index contributed by atoms with van der Waals surface area (Å²) >= 11 is 0. The molecule has 0 aliphatic carbocycles. The summed E-state index contributed by atoms with van der Waals surface area (Å²) in [5, 5.41) is 12.6. The molecule has 4 heteroatoms. The Kier molecular flexibility index (Phi) is 4.12. The molecule has 4 nitrogen and oxygen atoms in total. The van der Waals surface area contributed by atoms with Gasteiger partial charge in [-0.05, 0) is 36.4 Å². The number of amides is 1. The summed E-state index contributed by atoms with van der Waals surface area (Å²) in [5.74, 6) is -0.268. The average Bonchev–Trinajstić information content (AvgIpc) is 2.60. The highest BCUT2D eigenvalue weighted by molar-refractivity contribution is 6.02. The first kappa shape index (κ1) is 14.5. The second-order valence-corrected chi connectivity index (χ2v) is 4.94. The summed E-state index contributed by atoms with van der Waals surface area (Å²) in [6.45, 7) is 0. The predicted molar refractivity (Wildman–Crippen MR) is 90.6 cm³/mol. The minimum atomic E-state index is -0.268. The Bertz CT molecular complexity index is 938. The molecule has 0 saturated heterocycles. The Morgan fingerprint density at radius 2 is 1.96 bits per heavy atom. The lowest BCUT2D eigenvalue weighted by atomic mass is 10.2. The van der Waals surface area contributed by atoms with Crippen LogP contribution in [-0.4, -0.2) is 10.9 Å². The highest BCUT2D eigenvalue weighted by Gasteiger charge is 2.00. The Morgan fingerprint density at radius 1 is 1.09 bits per heavy atom. The Balaban J connectivity index is 1.73. The number of hydrogen-bond donors (Lipinski definition) is 1. The van der Waals surface area contributed by atoms with Crippen molar-refractivity contribution in [3.63, 3.8) is 0 Å². The molecule has 0 fully saturated rings. The molecule has 0 aliphatic rings. The summed E-state index contributed by atoms with van der Waals surface area (Å²) in [7, 11) is 0. The van der Waals surface area contributed by atoms with Crippen molar-refractivity contribution < 1.29 is 4.79 Å². The van der Waals surface area contributed by atoms with Gasteiger partial charge in [-0.3, -0.25) is 4.79 Å². The summed E-state index contributed by atoms with van der Waals surface area (Å²) in [6.07, 6.45) is 3.09. The normalized spacial score (nSPS) is 10.6. The number of benzene rings is 2. The third-order valence-corrected chi connectivity index (χ3v) is 3.28. The van der Waals surface area contributed by atoms with Crippen LogP contribution in [0.2, 0.25) is 0 Å². The van der Waals surface area contributed by atoms with E-state index >= 15 is 0 Å². The molecular formula is C19H13N3O. The zero-order valence-electron chi connectivity index (χ0n) is 12.2. The number of anilines is 1. The minimum Gasteiger partial charge on any atom is -0.322 e. The molecule has 0 unspecified atom stereocenters. The van der Waals surface area contributed by atoms with Gasteiger partial charge in [0.2, 0.25) is 5.91 Å². The third kappa shape index (κ3) is 3.60. The molecule has 2 aromatic carbocycles. The van der Waals surface area contributed by atoms with Gasteiger partial charge in [0.15, 0.2) is 0 Å². The Morgan fingerprint density at radius 3 is 2.83 bits per heavy atom. The maximum Gasteiger partial charge on any atom is 0.248 e. The van der Waals surface area contributed by atoms with E-state index in [1.807, 2.05) is 42.5 Å². The molecule has 1 amide bonds. The fourth-order valence-electron chi connectivity index (χ4n) is 2.19. The summed E-state index contributed by atoms with van der Waals surface area (Å²) in [5.41, 5.74) is 2.69. The van der Waals surface area contributed by atoms with Crippen LogP contribution >= 0.6 is 0 Å². The molecule has 1 aromatic heterocycles. The summed E-state index contributed by atoms with van der Waals surface area (Å²) in [4.78, 5) is 16.4. The largest absolute Gasteiger partial charge is 0.322 e. The van der Waals surface area contributed by atoms with Crippen LogP contribution in [0.5, 0.6) is 0 Å². The number of fused-ring (bicyclic) bond motifs is 1. The van der Waals surface area contributed by atoms with Crippen LogP contribution in [-0.2, 0) is 4.79 Å². The molecule has 0 radical (unpaired) electrons. The molecule has 1 heterocycles. The van der Waals surface area contributed by atoms with E-state index in [0.29, 0.717) is 16.9 Å². The van der Waals surface area contributed by atoms with E-state index in [1.165, 1.54) is 6.08 Å². The Hall–Kier alpha value is -3.45.